The van der Waals surface area contributed by atoms with Crippen LogP contribution in [0.5, 0.6) is 0 Å². The van der Waals surface area contributed by atoms with Gasteiger partial charge in [-0.2, -0.15) is 0 Å². The topological polar surface area (TPSA) is 26.3 Å². The normalized spacial score (nSPS) is 15.3. The number of carbonyl (C=O) groups excluding carboxylic acids is 1. The molecule has 0 aromatic heterocycles. The summed E-state index contributed by atoms with van der Waals surface area (Å²) in [5.74, 6) is -0.761. The highest BCUT2D eigenvalue weighted by Gasteiger charge is 2.20. The van der Waals surface area contributed by atoms with Gasteiger partial charge in [-0.05, 0) is 13.3 Å². The predicted octanol–water partition coefficient (Wildman–Crippen LogP) is 2.38. The number of esters is 1. The minimum atomic E-state index is -1.53. The van der Waals surface area contributed by atoms with Gasteiger partial charge in [0, 0.05) is 5.25 Å². The van der Waals surface area contributed by atoms with Crippen molar-refractivity contribution in [1.29, 1.82) is 0 Å². The molecular weight excluding hydrogens is 179 g/mol. The van der Waals surface area contributed by atoms with E-state index in [-0.39, 0.29) is 11.9 Å². The zero-order chi connectivity index (χ0) is 9.56. The van der Waals surface area contributed by atoms with Gasteiger partial charge in [-0.25, -0.2) is 9.18 Å². The van der Waals surface area contributed by atoms with Gasteiger partial charge in [0.25, 0.3) is 0 Å². The van der Waals surface area contributed by atoms with Crippen molar-refractivity contribution in [2.75, 3.05) is 6.61 Å². The van der Waals surface area contributed by atoms with Crippen molar-refractivity contribution in [3.63, 3.8) is 0 Å². The number of thioether (sulfide) groups is 1. The van der Waals surface area contributed by atoms with E-state index in [1.54, 1.807) is 6.92 Å². The Morgan fingerprint density at radius 1 is 1.58 bits per heavy atom. The average Bonchev–Trinajstić information content (AvgIpc) is 2.04. The molecule has 12 heavy (non-hydrogen) atoms. The SMILES string of the molecule is CCOC(=O)C(F)SC(C)CC. The van der Waals surface area contributed by atoms with Gasteiger partial charge in [-0.1, -0.05) is 13.8 Å². The Morgan fingerprint density at radius 3 is 2.58 bits per heavy atom. The second kappa shape index (κ2) is 6.29. The lowest BCUT2D eigenvalue weighted by molar-refractivity contribution is -0.145. The van der Waals surface area contributed by atoms with E-state index in [2.05, 4.69) is 4.74 Å². The van der Waals surface area contributed by atoms with E-state index in [4.69, 9.17) is 0 Å². The van der Waals surface area contributed by atoms with Gasteiger partial charge in [0.1, 0.15) is 0 Å². The number of alkyl halides is 1. The maximum absolute atomic E-state index is 12.9. The lowest BCUT2D eigenvalue weighted by Gasteiger charge is -2.11. The predicted molar refractivity (Wildman–Crippen MR) is 48.9 cm³/mol. The van der Waals surface area contributed by atoms with Crippen molar-refractivity contribution in [2.24, 2.45) is 0 Å². The Bertz CT molecular complexity index is 141. The fourth-order valence-corrected chi connectivity index (χ4v) is 1.34. The molecule has 4 heteroatoms. The van der Waals surface area contributed by atoms with Crippen LogP contribution in [0.2, 0.25) is 0 Å². The number of rotatable bonds is 5. The van der Waals surface area contributed by atoms with E-state index in [0.717, 1.165) is 18.2 Å². The summed E-state index contributed by atoms with van der Waals surface area (Å²) in [7, 11) is 0. The third-order valence-corrected chi connectivity index (χ3v) is 2.63. The van der Waals surface area contributed by atoms with Crippen LogP contribution in [0, 0.1) is 0 Å². The van der Waals surface area contributed by atoms with E-state index in [1.807, 2.05) is 13.8 Å². The zero-order valence-corrected chi connectivity index (χ0v) is 8.49. The van der Waals surface area contributed by atoms with Crippen molar-refractivity contribution in [3.05, 3.63) is 0 Å². The number of halogens is 1. The molecule has 0 aromatic rings. The highest BCUT2D eigenvalue weighted by molar-refractivity contribution is 8.01. The Morgan fingerprint density at radius 2 is 2.17 bits per heavy atom. The van der Waals surface area contributed by atoms with Crippen LogP contribution in [0.3, 0.4) is 0 Å². The molecule has 0 aromatic carbocycles. The molecule has 0 N–H and O–H groups in total. The molecule has 0 saturated carbocycles. The summed E-state index contributed by atoms with van der Waals surface area (Å²) in [5, 5.41) is 0.157. The van der Waals surface area contributed by atoms with Crippen LogP contribution < -0.4 is 0 Å². The molecule has 0 aliphatic rings. The molecule has 2 nitrogen and oxygen atoms in total. The summed E-state index contributed by atoms with van der Waals surface area (Å²) in [6.45, 7) is 5.74. The smallest absolute Gasteiger partial charge is 0.351 e. The van der Waals surface area contributed by atoms with E-state index in [9.17, 15) is 9.18 Å². The molecule has 0 radical (unpaired) electrons. The lowest BCUT2D eigenvalue weighted by Crippen LogP contribution is -2.17. The first-order valence-corrected chi connectivity index (χ1v) is 5.02. The number of ether oxygens (including phenoxy) is 1. The van der Waals surface area contributed by atoms with Gasteiger partial charge in [0.2, 0.25) is 5.50 Å². The fraction of sp³-hybridized carbons (Fsp3) is 0.875. The van der Waals surface area contributed by atoms with Gasteiger partial charge < -0.3 is 4.74 Å². The van der Waals surface area contributed by atoms with Crippen molar-refractivity contribution >= 4 is 17.7 Å². The second-order valence-corrected chi connectivity index (χ2v) is 3.91. The molecule has 0 saturated heterocycles. The molecular formula is C8H15FO2S. The first kappa shape index (κ1) is 11.8. The third-order valence-electron chi connectivity index (χ3n) is 1.40. The Hall–Kier alpha value is -0.250. The minimum absolute atomic E-state index is 0.157. The molecule has 0 heterocycles. The Balaban J connectivity index is 3.70. The first-order valence-electron chi connectivity index (χ1n) is 4.08. The molecule has 2 atom stereocenters. The molecule has 0 rings (SSSR count). The summed E-state index contributed by atoms with van der Waals surface area (Å²) in [5.41, 5.74) is -1.53. The summed E-state index contributed by atoms with van der Waals surface area (Å²) < 4.78 is 17.4. The maximum atomic E-state index is 12.9. The van der Waals surface area contributed by atoms with Crippen molar-refractivity contribution in [2.45, 2.75) is 37.9 Å². The van der Waals surface area contributed by atoms with Crippen molar-refractivity contribution in [1.82, 2.24) is 0 Å². The van der Waals surface area contributed by atoms with Gasteiger partial charge in [-0.15, -0.1) is 11.8 Å². The van der Waals surface area contributed by atoms with Crippen LogP contribution >= 0.6 is 11.8 Å². The van der Waals surface area contributed by atoms with E-state index < -0.39 is 11.5 Å². The standard InChI is InChI=1S/C8H15FO2S/c1-4-6(3)12-7(9)8(10)11-5-2/h6-7H,4-5H2,1-3H3. The number of hydrogen-bond donors (Lipinski definition) is 0. The number of carbonyl (C=O) groups is 1. The third kappa shape index (κ3) is 4.59. The molecule has 72 valence electrons. The fourth-order valence-electron chi connectivity index (χ4n) is 0.564. The molecule has 0 fully saturated rings. The lowest BCUT2D eigenvalue weighted by atomic mass is 10.4. The average molecular weight is 194 g/mol. The van der Waals surface area contributed by atoms with Crippen LogP contribution in [-0.4, -0.2) is 23.3 Å². The van der Waals surface area contributed by atoms with Crippen LogP contribution in [0.25, 0.3) is 0 Å². The highest BCUT2D eigenvalue weighted by Crippen LogP contribution is 2.21. The minimum Gasteiger partial charge on any atom is -0.463 e. The number of hydrogen-bond acceptors (Lipinski definition) is 3. The molecule has 0 bridgehead atoms. The highest BCUT2D eigenvalue weighted by atomic mass is 32.2. The van der Waals surface area contributed by atoms with Crippen LogP contribution in [-0.2, 0) is 9.53 Å². The van der Waals surface area contributed by atoms with E-state index in [0.29, 0.717) is 0 Å². The quantitative estimate of drug-likeness (QED) is 0.628. The van der Waals surface area contributed by atoms with E-state index in [1.165, 1.54) is 0 Å². The summed E-state index contributed by atoms with van der Waals surface area (Å²) >= 11 is 1.01. The van der Waals surface area contributed by atoms with Crippen molar-refractivity contribution in [3.8, 4) is 0 Å². The van der Waals surface area contributed by atoms with Gasteiger partial charge in [-0.3, -0.25) is 0 Å². The molecule has 0 aliphatic heterocycles. The largest absolute Gasteiger partial charge is 0.463 e. The van der Waals surface area contributed by atoms with E-state index >= 15 is 0 Å². The summed E-state index contributed by atoms with van der Waals surface area (Å²) in [6, 6.07) is 0. The van der Waals surface area contributed by atoms with Crippen LogP contribution in [0.4, 0.5) is 4.39 Å². The molecule has 0 amide bonds. The maximum Gasteiger partial charge on any atom is 0.351 e. The van der Waals surface area contributed by atoms with Gasteiger partial charge in [0.05, 0.1) is 6.61 Å². The first-order chi connectivity index (χ1) is 5.61. The van der Waals surface area contributed by atoms with Crippen LogP contribution in [0.15, 0.2) is 0 Å². The van der Waals surface area contributed by atoms with Crippen molar-refractivity contribution < 1.29 is 13.9 Å². The van der Waals surface area contributed by atoms with Gasteiger partial charge >= 0.3 is 5.97 Å². The molecule has 2 unspecified atom stereocenters. The summed E-state index contributed by atoms with van der Waals surface area (Å²) in [4.78, 5) is 10.8. The molecule has 0 spiro atoms. The second-order valence-electron chi connectivity index (χ2n) is 2.42. The molecule has 0 aliphatic carbocycles. The summed E-state index contributed by atoms with van der Waals surface area (Å²) in [6.07, 6.45) is 0.852. The Kier molecular flexibility index (Phi) is 6.16. The van der Waals surface area contributed by atoms with Crippen LogP contribution in [0.1, 0.15) is 27.2 Å². The zero-order valence-electron chi connectivity index (χ0n) is 7.67. The Labute approximate surface area is 76.9 Å². The monoisotopic (exact) mass is 194 g/mol. The van der Waals surface area contributed by atoms with Gasteiger partial charge in [0.15, 0.2) is 0 Å².